The van der Waals surface area contributed by atoms with Gasteiger partial charge in [-0.25, -0.2) is 0 Å². The maximum atomic E-state index is 5.57. The zero-order valence-electron chi connectivity index (χ0n) is 13.7. The fraction of sp³-hybridized carbons (Fsp3) is 0.611. The van der Waals surface area contributed by atoms with Crippen molar-refractivity contribution in [3.63, 3.8) is 0 Å². The van der Waals surface area contributed by atoms with Crippen molar-refractivity contribution in [3.05, 3.63) is 36.8 Å². The molecule has 0 aliphatic carbocycles. The van der Waals surface area contributed by atoms with E-state index in [0.29, 0.717) is 39.6 Å². The first-order chi connectivity index (χ1) is 11.3. The van der Waals surface area contributed by atoms with Crippen molar-refractivity contribution in [2.24, 2.45) is 0 Å². The van der Waals surface area contributed by atoms with Crippen LogP contribution in [0.1, 0.15) is 24.8 Å². The predicted octanol–water partition coefficient (Wildman–Crippen LogP) is 2.82. The lowest BCUT2D eigenvalue weighted by atomic mass is 10.2. The van der Waals surface area contributed by atoms with Crippen LogP contribution >= 0.6 is 0 Å². The fourth-order valence-electron chi connectivity index (χ4n) is 2.26. The molecule has 1 fully saturated rings. The second-order valence-corrected chi connectivity index (χ2v) is 5.39. The topological polar surface area (TPSA) is 46.2 Å². The summed E-state index contributed by atoms with van der Waals surface area (Å²) in [6.07, 6.45) is 3.26. The van der Waals surface area contributed by atoms with Crippen LogP contribution in [0.15, 0.2) is 24.3 Å². The Kier molecular flexibility index (Phi) is 9.03. The summed E-state index contributed by atoms with van der Waals surface area (Å²) in [6, 6.07) is 7.67. The quantitative estimate of drug-likeness (QED) is 0.586. The Morgan fingerprint density at radius 3 is 2.52 bits per heavy atom. The lowest BCUT2D eigenvalue weighted by Gasteiger charge is -2.22. The zero-order chi connectivity index (χ0) is 16.2. The maximum Gasteiger partial charge on any atom is 0.157 e. The van der Waals surface area contributed by atoms with Crippen LogP contribution < -0.4 is 4.74 Å². The molecule has 0 saturated carbocycles. The van der Waals surface area contributed by atoms with Crippen molar-refractivity contribution >= 4 is 0 Å². The van der Waals surface area contributed by atoms with Gasteiger partial charge in [0, 0.05) is 6.61 Å². The maximum absolute atomic E-state index is 5.57. The third kappa shape index (κ3) is 8.32. The van der Waals surface area contributed by atoms with E-state index in [1.807, 2.05) is 24.3 Å². The first kappa shape index (κ1) is 18.2. The molecule has 23 heavy (non-hydrogen) atoms. The van der Waals surface area contributed by atoms with Crippen LogP contribution in [0.5, 0.6) is 5.75 Å². The molecule has 0 N–H and O–H groups in total. The highest BCUT2D eigenvalue weighted by Gasteiger charge is 2.13. The Bertz CT molecular complexity index is 418. The van der Waals surface area contributed by atoms with Gasteiger partial charge in [-0.1, -0.05) is 12.1 Å². The molecule has 1 atom stereocenters. The number of ether oxygens (including phenoxy) is 5. The van der Waals surface area contributed by atoms with Crippen molar-refractivity contribution in [1.29, 1.82) is 0 Å². The van der Waals surface area contributed by atoms with Crippen molar-refractivity contribution < 1.29 is 23.7 Å². The molecule has 1 aromatic rings. The molecule has 1 radical (unpaired) electrons. The van der Waals surface area contributed by atoms with Crippen molar-refractivity contribution in [2.45, 2.75) is 25.6 Å². The van der Waals surface area contributed by atoms with E-state index in [4.69, 9.17) is 23.7 Å². The largest absolute Gasteiger partial charge is 0.491 e. The summed E-state index contributed by atoms with van der Waals surface area (Å²) in [4.78, 5) is 0. The van der Waals surface area contributed by atoms with Crippen LogP contribution in [0.25, 0.3) is 0 Å². The van der Waals surface area contributed by atoms with Crippen molar-refractivity contribution in [2.75, 3.05) is 46.2 Å². The molecule has 0 bridgehead atoms. The molecular weight excluding hydrogens is 296 g/mol. The number of hydrogen-bond donors (Lipinski definition) is 0. The van der Waals surface area contributed by atoms with E-state index in [0.717, 1.165) is 30.8 Å². The van der Waals surface area contributed by atoms with Crippen LogP contribution in [0.4, 0.5) is 0 Å². The third-order valence-electron chi connectivity index (χ3n) is 3.44. The molecule has 1 aliphatic heterocycles. The van der Waals surface area contributed by atoms with E-state index in [2.05, 4.69) is 6.92 Å². The molecule has 5 nitrogen and oxygen atoms in total. The molecule has 129 valence electrons. The normalized spacial score (nSPS) is 18.0. The molecule has 0 aromatic heterocycles. The average molecular weight is 323 g/mol. The highest BCUT2D eigenvalue weighted by atomic mass is 16.7. The van der Waals surface area contributed by atoms with E-state index in [1.165, 1.54) is 6.42 Å². The zero-order valence-corrected chi connectivity index (χ0v) is 13.7. The van der Waals surface area contributed by atoms with Gasteiger partial charge in [0.25, 0.3) is 0 Å². The molecule has 1 aromatic carbocycles. The summed E-state index contributed by atoms with van der Waals surface area (Å²) in [5.74, 6) is 0.819. The molecule has 0 amide bonds. The lowest BCUT2D eigenvalue weighted by Crippen LogP contribution is -2.24. The standard InChI is InChI=1S/C18H27O5/c1-16-5-4-6-17(15-16)21-13-11-19-9-10-20-12-14-23-18-7-2-3-8-22-18/h4-6,15,18H,1-3,7-14H2. The van der Waals surface area contributed by atoms with Gasteiger partial charge in [-0.3, -0.25) is 0 Å². The van der Waals surface area contributed by atoms with Gasteiger partial charge in [-0.15, -0.1) is 0 Å². The number of benzene rings is 1. The van der Waals surface area contributed by atoms with Gasteiger partial charge in [-0.05, 0) is 43.9 Å². The molecule has 1 aliphatic rings. The fourth-order valence-corrected chi connectivity index (χ4v) is 2.26. The summed E-state index contributed by atoms with van der Waals surface area (Å²) in [6.45, 7) is 7.97. The third-order valence-corrected chi connectivity index (χ3v) is 3.44. The van der Waals surface area contributed by atoms with Crippen LogP contribution in [0, 0.1) is 6.92 Å². The molecular formula is C18H27O5. The first-order valence-electron chi connectivity index (χ1n) is 8.28. The summed E-state index contributed by atoms with van der Waals surface area (Å²) >= 11 is 0. The first-order valence-corrected chi connectivity index (χ1v) is 8.28. The minimum atomic E-state index is -0.0439. The molecule has 1 saturated heterocycles. The molecule has 2 rings (SSSR count). The SMILES string of the molecule is [CH2]c1cccc(OCCOCCOCCOC2CCCCO2)c1. The Morgan fingerprint density at radius 1 is 1.00 bits per heavy atom. The molecule has 5 heteroatoms. The monoisotopic (exact) mass is 323 g/mol. The van der Waals surface area contributed by atoms with Crippen LogP contribution in [0.3, 0.4) is 0 Å². The lowest BCUT2D eigenvalue weighted by molar-refractivity contribution is -0.169. The smallest absolute Gasteiger partial charge is 0.157 e. The summed E-state index contributed by atoms with van der Waals surface area (Å²) < 4.78 is 27.5. The van der Waals surface area contributed by atoms with Gasteiger partial charge in [-0.2, -0.15) is 0 Å². The minimum absolute atomic E-state index is 0.0439. The van der Waals surface area contributed by atoms with Crippen molar-refractivity contribution in [3.8, 4) is 5.75 Å². The van der Waals surface area contributed by atoms with E-state index in [1.54, 1.807) is 0 Å². The Balaban J connectivity index is 1.35. The van der Waals surface area contributed by atoms with Gasteiger partial charge in [0.05, 0.1) is 33.0 Å². The minimum Gasteiger partial charge on any atom is -0.491 e. The van der Waals surface area contributed by atoms with Crippen LogP contribution in [0.2, 0.25) is 0 Å². The van der Waals surface area contributed by atoms with E-state index >= 15 is 0 Å². The highest BCUT2D eigenvalue weighted by molar-refractivity contribution is 5.29. The Labute approximate surface area is 138 Å². The second kappa shape index (κ2) is 11.4. The number of hydrogen-bond acceptors (Lipinski definition) is 5. The summed E-state index contributed by atoms with van der Waals surface area (Å²) in [7, 11) is 0. The number of rotatable bonds is 11. The van der Waals surface area contributed by atoms with Gasteiger partial charge in [0.15, 0.2) is 6.29 Å². The van der Waals surface area contributed by atoms with Gasteiger partial charge >= 0.3 is 0 Å². The summed E-state index contributed by atoms with van der Waals surface area (Å²) in [5.41, 5.74) is 0.942. The Hall–Kier alpha value is -1.14. The van der Waals surface area contributed by atoms with Gasteiger partial charge in [0.1, 0.15) is 12.4 Å². The van der Waals surface area contributed by atoms with E-state index in [-0.39, 0.29) is 6.29 Å². The molecule has 1 heterocycles. The highest BCUT2D eigenvalue weighted by Crippen LogP contribution is 2.13. The second-order valence-electron chi connectivity index (χ2n) is 5.39. The van der Waals surface area contributed by atoms with Crippen LogP contribution in [-0.4, -0.2) is 52.5 Å². The average Bonchev–Trinajstić information content (AvgIpc) is 2.57. The Morgan fingerprint density at radius 2 is 1.78 bits per heavy atom. The van der Waals surface area contributed by atoms with Crippen molar-refractivity contribution in [1.82, 2.24) is 0 Å². The molecule has 1 unspecified atom stereocenters. The van der Waals surface area contributed by atoms with Gasteiger partial charge < -0.3 is 23.7 Å². The van der Waals surface area contributed by atoms with E-state index < -0.39 is 0 Å². The van der Waals surface area contributed by atoms with Crippen LogP contribution in [-0.2, 0) is 18.9 Å². The van der Waals surface area contributed by atoms with Gasteiger partial charge in [0.2, 0.25) is 0 Å². The summed E-state index contributed by atoms with van der Waals surface area (Å²) in [5, 5.41) is 0. The van der Waals surface area contributed by atoms with E-state index in [9.17, 15) is 0 Å². The molecule has 0 spiro atoms. The predicted molar refractivity (Wildman–Crippen MR) is 87.6 cm³/mol.